The minimum Gasteiger partial charge on any atom is -0.496 e. The fraction of sp³-hybridized carbons (Fsp3) is 0.542. The molecule has 2 aromatic heterocycles. The summed E-state index contributed by atoms with van der Waals surface area (Å²) < 4.78 is 7.45. The number of aryl methyl sites for hydroxylation is 1. The van der Waals surface area contributed by atoms with Crippen LogP contribution in [0.25, 0.3) is 11.3 Å². The zero-order valence-electron chi connectivity index (χ0n) is 19.8. The molecule has 4 rings (SSSR count). The van der Waals surface area contributed by atoms with Crippen LogP contribution in [0, 0.1) is 0 Å². The van der Waals surface area contributed by atoms with E-state index in [4.69, 9.17) is 10.5 Å². The van der Waals surface area contributed by atoms with E-state index in [1.807, 2.05) is 20.0 Å². The number of nitrogen functional groups attached to an aromatic ring is 1. The van der Waals surface area contributed by atoms with Gasteiger partial charge in [0.05, 0.1) is 35.9 Å². The van der Waals surface area contributed by atoms with Crippen LogP contribution in [0.3, 0.4) is 0 Å². The Morgan fingerprint density at radius 1 is 1.24 bits per heavy atom. The van der Waals surface area contributed by atoms with Gasteiger partial charge >= 0.3 is 0 Å². The zero-order chi connectivity index (χ0) is 23.2. The van der Waals surface area contributed by atoms with E-state index >= 15 is 0 Å². The lowest BCUT2D eigenvalue weighted by atomic mass is 9.91. The molecule has 2 aliphatic rings. The molecule has 9 nitrogen and oxygen atoms in total. The van der Waals surface area contributed by atoms with Gasteiger partial charge in [-0.05, 0) is 58.1 Å². The van der Waals surface area contributed by atoms with Gasteiger partial charge in [0.25, 0.3) is 0 Å². The molecule has 0 radical (unpaired) electrons. The molecular formula is C24H36N8O. The maximum Gasteiger partial charge on any atom is 0.223 e. The van der Waals surface area contributed by atoms with Gasteiger partial charge in [0, 0.05) is 31.7 Å². The van der Waals surface area contributed by atoms with Gasteiger partial charge in [-0.15, -0.1) is 0 Å². The topological polar surface area (TPSA) is 115 Å². The van der Waals surface area contributed by atoms with Crippen molar-refractivity contribution in [2.24, 2.45) is 7.05 Å². The summed E-state index contributed by atoms with van der Waals surface area (Å²) in [4.78, 5) is 9.07. The number of hydrogen-bond acceptors (Lipinski definition) is 8. The van der Waals surface area contributed by atoms with E-state index in [-0.39, 0.29) is 6.17 Å². The molecule has 5 N–H and O–H groups in total. The van der Waals surface area contributed by atoms with Crippen LogP contribution in [0.1, 0.15) is 52.4 Å². The highest BCUT2D eigenvalue weighted by molar-refractivity contribution is 5.70. The molecule has 1 saturated carbocycles. The normalized spacial score (nSPS) is 21.7. The molecule has 2 aliphatic carbocycles. The molecule has 0 aromatic carbocycles. The number of aromatic nitrogens is 4. The number of hydrogen-bond donors (Lipinski definition) is 4. The van der Waals surface area contributed by atoms with Crippen LogP contribution in [0.15, 0.2) is 42.1 Å². The zero-order valence-corrected chi connectivity index (χ0v) is 19.8. The van der Waals surface area contributed by atoms with Crippen molar-refractivity contribution in [2.75, 3.05) is 17.7 Å². The highest BCUT2D eigenvalue weighted by Crippen LogP contribution is 2.25. The van der Waals surface area contributed by atoms with Gasteiger partial charge in [-0.2, -0.15) is 5.10 Å². The van der Waals surface area contributed by atoms with Gasteiger partial charge in [0.1, 0.15) is 11.6 Å². The van der Waals surface area contributed by atoms with E-state index < -0.39 is 0 Å². The van der Waals surface area contributed by atoms with Crippen molar-refractivity contribution < 1.29 is 4.74 Å². The highest BCUT2D eigenvalue weighted by Gasteiger charge is 2.23. The summed E-state index contributed by atoms with van der Waals surface area (Å²) in [5.41, 5.74) is 8.81. The Morgan fingerprint density at radius 3 is 2.76 bits per heavy atom. The fourth-order valence-electron chi connectivity index (χ4n) is 4.53. The average molecular weight is 453 g/mol. The summed E-state index contributed by atoms with van der Waals surface area (Å²) in [6.07, 6.45) is 14.4. The van der Waals surface area contributed by atoms with Crippen LogP contribution in [0.2, 0.25) is 0 Å². The molecular weight excluding hydrogens is 416 g/mol. The molecule has 0 aliphatic heterocycles. The van der Waals surface area contributed by atoms with E-state index in [1.54, 1.807) is 17.1 Å². The molecule has 2 aromatic rings. The van der Waals surface area contributed by atoms with Crippen LogP contribution in [-0.4, -0.2) is 44.6 Å². The molecule has 0 spiro atoms. The third kappa shape index (κ3) is 5.84. The third-order valence-corrected chi connectivity index (χ3v) is 6.28. The lowest BCUT2D eigenvalue weighted by Gasteiger charge is -2.32. The van der Waals surface area contributed by atoms with E-state index in [0.717, 1.165) is 61.2 Å². The lowest BCUT2D eigenvalue weighted by Crippen LogP contribution is -2.47. The predicted octanol–water partition coefficient (Wildman–Crippen LogP) is 3.31. The molecule has 1 fully saturated rings. The summed E-state index contributed by atoms with van der Waals surface area (Å²) in [7, 11) is 1.82. The van der Waals surface area contributed by atoms with Crippen molar-refractivity contribution in [2.45, 2.75) is 70.6 Å². The summed E-state index contributed by atoms with van der Waals surface area (Å²) in [6, 6.07) is 2.71. The molecule has 0 bridgehead atoms. The predicted molar refractivity (Wildman–Crippen MR) is 131 cm³/mol. The van der Waals surface area contributed by atoms with Gasteiger partial charge < -0.3 is 21.1 Å². The quantitative estimate of drug-likeness (QED) is 0.429. The third-order valence-electron chi connectivity index (χ3n) is 6.28. The van der Waals surface area contributed by atoms with Crippen LogP contribution >= 0.6 is 0 Å². The second kappa shape index (κ2) is 10.7. The van der Waals surface area contributed by atoms with E-state index in [9.17, 15) is 0 Å². The average Bonchev–Trinajstić information content (AvgIpc) is 3.15. The van der Waals surface area contributed by atoms with Gasteiger partial charge in [-0.3, -0.25) is 10.00 Å². The van der Waals surface area contributed by atoms with Crippen LogP contribution < -0.4 is 21.7 Å². The molecule has 2 heterocycles. The van der Waals surface area contributed by atoms with Gasteiger partial charge in [-0.1, -0.05) is 6.08 Å². The Morgan fingerprint density at radius 2 is 2.03 bits per heavy atom. The molecule has 0 saturated heterocycles. The molecule has 178 valence electrons. The van der Waals surface area contributed by atoms with Crippen molar-refractivity contribution in [3.05, 3.63) is 42.1 Å². The van der Waals surface area contributed by atoms with E-state index in [1.165, 1.54) is 0 Å². The number of nitrogens with zero attached hydrogens (tertiary/aromatic N) is 4. The number of anilines is 2. The minimum absolute atomic E-state index is 0.178. The number of nitrogens with one attached hydrogen (secondary N) is 3. The number of rotatable bonds is 9. The lowest BCUT2D eigenvalue weighted by molar-refractivity contribution is 0.210. The first-order valence-corrected chi connectivity index (χ1v) is 12.0. The molecule has 33 heavy (non-hydrogen) atoms. The van der Waals surface area contributed by atoms with Crippen LogP contribution in [0.5, 0.6) is 0 Å². The van der Waals surface area contributed by atoms with Crippen molar-refractivity contribution in [1.29, 1.82) is 0 Å². The highest BCUT2D eigenvalue weighted by atomic mass is 16.5. The number of nitrogens with two attached hydrogens (primary N) is 1. The van der Waals surface area contributed by atoms with Crippen molar-refractivity contribution in [1.82, 2.24) is 30.4 Å². The first-order valence-electron chi connectivity index (χ1n) is 12.0. The van der Waals surface area contributed by atoms with Gasteiger partial charge in [0.15, 0.2) is 0 Å². The molecule has 0 amide bonds. The first kappa shape index (κ1) is 23.1. The van der Waals surface area contributed by atoms with Crippen LogP contribution in [0.4, 0.5) is 11.8 Å². The fourth-order valence-corrected chi connectivity index (χ4v) is 4.53. The molecule has 9 heteroatoms. The summed E-state index contributed by atoms with van der Waals surface area (Å²) >= 11 is 0. The monoisotopic (exact) mass is 452 g/mol. The second-order valence-electron chi connectivity index (χ2n) is 8.77. The number of allylic oxidation sites excluding steroid dienone is 3. The first-order chi connectivity index (χ1) is 16.0. The number of ether oxygens (including phenoxy) is 1. The molecule has 1 unspecified atom stereocenters. The summed E-state index contributed by atoms with van der Waals surface area (Å²) in [5, 5.41) is 15.0. The summed E-state index contributed by atoms with van der Waals surface area (Å²) in [5.74, 6) is 2.31. The Kier molecular flexibility index (Phi) is 7.49. The van der Waals surface area contributed by atoms with Crippen molar-refractivity contribution in [3.63, 3.8) is 0 Å². The SMILES string of the molecule is CCOC1=C(NC(C)N[C@H]2CC[C@H](Nc3nccc(-c4cnn(C)c4N)n3)CC2)C=CCC1. The standard InChI is InChI=1S/C24H36N8O/c1-4-33-22-8-6-5-7-21(22)29-16(2)28-17-9-11-18(12-10-17)30-24-26-14-13-20(31-24)19-15-27-32(3)23(19)25/h5,7,13-18,28-29H,4,6,8-12,25H2,1-3H3,(H,26,30,31)/t16?,17-,18-. The van der Waals surface area contributed by atoms with Crippen molar-refractivity contribution in [3.8, 4) is 11.3 Å². The van der Waals surface area contributed by atoms with E-state index in [2.05, 4.69) is 50.1 Å². The Labute approximate surface area is 195 Å². The Bertz CT molecular complexity index is 990. The Balaban J connectivity index is 1.27. The molecule has 1 atom stereocenters. The van der Waals surface area contributed by atoms with Gasteiger partial charge in [0.2, 0.25) is 5.95 Å². The maximum absolute atomic E-state index is 6.10. The minimum atomic E-state index is 0.178. The smallest absolute Gasteiger partial charge is 0.223 e. The van der Waals surface area contributed by atoms with Crippen molar-refractivity contribution >= 4 is 11.8 Å². The Hall–Kier alpha value is -3.07. The van der Waals surface area contributed by atoms with Gasteiger partial charge in [-0.25, -0.2) is 9.97 Å². The largest absolute Gasteiger partial charge is 0.496 e. The second-order valence-corrected chi connectivity index (χ2v) is 8.77. The van der Waals surface area contributed by atoms with Crippen LogP contribution in [-0.2, 0) is 11.8 Å². The van der Waals surface area contributed by atoms with E-state index in [0.29, 0.717) is 30.5 Å². The summed E-state index contributed by atoms with van der Waals surface area (Å²) in [6.45, 7) is 4.91. The maximum atomic E-state index is 6.10.